The van der Waals surface area contributed by atoms with Gasteiger partial charge in [-0.3, -0.25) is 4.90 Å². The number of nitrogens with one attached hydrogen (secondary N) is 1. The Hall–Kier alpha value is -0.860. The smallest absolute Gasteiger partial charge is 0.0233 e. The van der Waals surface area contributed by atoms with Gasteiger partial charge in [0.25, 0.3) is 0 Å². The summed E-state index contributed by atoms with van der Waals surface area (Å²) in [6, 6.07) is 9.60. The molecule has 1 aromatic rings. The van der Waals surface area contributed by atoms with Crippen molar-refractivity contribution in [2.24, 2.45) is 5.92 Å². The van der Waals surface area contributed by atoms with Crippen molar-refractivity contribution in [1.29, 1.82) is 0 Å². The molecule has 1 aromatic carbocycles. The minimum Gasteiger partial charge on any atom is -0.315 e. The first kappa shape index (κ1) is 15.5. The highest BCUT2D eigenvalue weighted by molar-refractivity contribution is 5.22. The molecule has 0 spiro atoms. The van der Waals surface area contributed by atoms with Crippen LogP contribution in [0.5, 0.6) is 0 Å². The zero-order valence-electron chi connectivity index (χ0n) is 13.4. The average Bonchev–Trinajstić information content (AvgIpc) is 2.39. The van der Waals surface area contributed by atoms with Gasteiger partial charge in [0.2, 0.25) is 0 Å². The highest BCUT2D eigenvalue weighted by atomic mass is 15.1. The SMILES string of the molecule is CCNC(C)CC1CCCN(Cc2cccc(C)c2)C1. The highest BCUT2D eigenvalue weighted by Gasteiger charge is 2.21. The zero-order chi connectivity index (χ0) is 14.4. The predicted molar refractivity (Wildman–Crippen MR) is 86.9 cm³/mol. The topological polar surface area (TPSA) is 15.3 Å². The number of piperidine rings is 1. The molecule has 112 valence electrons. The lowest BCUT2D eigenvalue weighted by molar-refractivity contribution is 0.155. The monoisotopic (exact) mass is 274 g/mol. The Morgan fingerprint density at radius 3 is 3.00 bits per heavy atom. The molecule has 2 rings (SSSR count). The Morgan fingerprint density at radius 2 is 2.25 bits per heavy atom. The van der Waals surface area contributed by atoms with Crippen LogP contribution < -0.4 is 5.32 Å². The van der Waals surface area contributed by atoms with Gasteiger partial charge in [0.15, 0.2) is 0 Å². The second-order valence-electron chi connectivity index (χ2n) is 6.43. The Bertz CT molecular complexity index is 402. The maximum atomic E-state index is 3.55. The molecule has 1 aliphatic rings. The van der Waals surface area contributed by atoms with Crippen molar-refractivity contribution < 1.29 is 0 Å². The van der Waals surface area contributed by atoms with Crippen molar-refractivity contribution in [3.8, 4) is 0 Å². The lowest BCUT2D eigenvalue weighted by Gasteiger charge is -2.34. The summed E-state index contributed by atoms with van der Waals surface area (Å²) >= 11 is 0. The Kier molecular flexibility index (Phi) is 6.06. The van der Waals surface area contributed by atoms with Gasteiger partial charge in [-0.1, -0.05) is 36.8 Å². The van der Waals surface area contributed by atoms with Gasteiger partial charge < -0.3 is 5.32 Å². The third-order valence-electron chi connectivity index (χ3n) is 4.33. The van der Waals surface area contributed by atoms with Gasteiger partial charge in [-0.25, -0.2) is 0 Å². The molecule has 2 nitrogen and oxygen atoms in total. The van der Waals surface area contributed by atoms with Crippen molar-refractivity contribution >= 4 is 0 Å². The summed E-state index contributed by atoms with van der Waals surface area (Å²) in [6.45, 7) is 11.4. The number of benzene rings is 1. The van der Waals surface area contributed by atoms with E-state index < -0.39 is 0 Å². The summed E-state index contributed by atoms with van der Waals surface area (Å²) in [6.07, 6.45) is 4.08. The van der Waals surface area contributed by atoms with E-state index in [1.165, 1.54) is 43.5 Å². The minimum atomic E-state index is 0.656. The molecular formula is C18H30N2. The van der Waals surface area contributed by atoms with Crippen LogP contribution in [0.2, 0.25) is 0 Å². The summed E-state index contributed by atoms with van der Waals surface area (Å²) in [5.74, 6) is 0.864. The third kappa shape index (κ3) is 4.92. The summed E-state index contributed by atoms with van der Waals surface area (Å²) in [5.41, 5.74) is 2.84. The molecule has 0 aliphatic carbocycles. The number of aryl methyl sites for hydroxylation is 1. The number of nitrogens with zero attached hydrogens (tertiary/aromatic N) is 1. The van der Waals surface area contributed by atoms with E-state index in [0.717, 1.165) is 19.0 Å². The van der Waals surface area contributed by atoms with Crippen LogP contribution in [0.4, 0.5) is 0 Å². The normalized spacial score (nSPS) is 21.9. The molecule has 2 heteroatoms. The lowest BCUT2D eigenvalue weighted by Crippen LogP contribution is -2.38. The Labute approximate surface area is 124 Å². The summed E-state index contributed by atoms with van der Waals surface area (Å²) in [4.78, 5) is 2.64. The molecule has 2 unspecified atom stereocenters. The van der Waals surface area contributed by atoms with E-state index in [1.54, 1.807) is 0 Å². The molecule has 1 N–H and O–H groups in total. The molecule has 0 amide bonds. The first-order valence-corrected chi connectivity index (χ1v) is 8.18. The molecule has 0 aromatic heterocycles. The summed E-state index contributed by atoms with van der Waals surface area (Å²) in [7, 11) is 0. The van der Waals surface area contributed by atoms with Crippen molar-refractivity contribution in [2.75, 3.05) is 19.6 Å². The van der Waals surface area contributed by atoms with Gasteiger partial charge in [0.1, 0.15) is 0 Å². The van der Waals surface area contributed by atoms with E-state index in [9.17, 15) is 0 Å². The fraction of sp³-hybridized carbons (Fsp3) is 0.667. The fourth-order valence-corrected chi connectivity index (χ4v) is 3.49. The molecule has 0 bridgehead atoms. The van der Waals surface area contributed by atoms with E-state index in [0.29, 0.717) is 6.04 Å². The standard InChI is InChI=1S/C18H30N2/c1-4-19-16(3)12-18-9-6-10-20(14-18)13-17-8-5-7-15(2)11-17/h5,7-8,11,16,18-19H,4,6,9-10,12-14H2,1-3H3. The molecule has 1 saturated heterocycles. The van der Waals surface area contributed by atoms with Crippen LogP contribution in [-0.2, 0) is 6.54 Å². The van der Waals surface area contributed by atoms with Gasteiger partial charge in [0, 0.05) is 19.1 Å². The number of rotatable bonds is 6. The van der Waals surface area contributed by atoms with Crippen molar-refractivity contribution in [1.82, 2.24) is 10.2 Å². The molecule has 0 radical (unpaired) electrons. The Balaban J connectivity index is 1.84. The largest absolute Gasteiger partial charge is 0.315 e. The molecule has 0 saturated carbocycles. The highest BCUT2D eigenvalue weighted by Crippen LogP contribution is 2.22. The molecule has 1 fully saturated rings. The Morgan fingerprint density at radius 1 is 1.40 bits per heavy atom. The van der Waals surface area contributed by atoms with E-state index in [1.807, 2.05) is 0 Å². The van der Waals surface area contributed by atoms with Crippen LogP contribution in [0.25, 0.3) is 0 Å². The quantitative estimate of drug-likeness (QED) is 0.853. The van der Waals surface area contributed by atoms with Crippen LogP contribution in [0, 0.1) is 12.8 Å². The van der Waals surface area contributed by atoms with Crippen molar-refractivity contribution in [3.63, 3.8) is 0 Å². The van der Waals surface area contributed by atoms with Gasteiger partial charge in [0.05, 0.1) is 0 Å². The van der Waals surface area contributed by atoms with Crippen LogP contribution in [0.3, 0.4) is 0 Å². The zero-order valence-corrected chi connectivity index (χ0v) is 13.4. The maximum absolute atomic E-state index is 3.55. The van der Waals surface area contributed by atoms with E-state index in [-0.39, 0.29) is 0 Å². The second kappa shape index (κ2) is 7.80. The molecule has 2 atom stereocenters. The van der Waals surface area contributed by atoms with Crippen LogP contribution in [0.15, 0.2) is 24.3 Å². The first-order chi connectivity index (χ1) is 9.67. The van der Waals surface area contributed by atoms with E-state index >= 15 is 0 Å². The minimum absolute atomic E-state index is 0.656. The number of hydrogen-bond acceptors (Lipinski definition) is 2. The van der Waals surface area contributed by atoms with Gasteiger partial charge >= 0.3 is 0 Å². The molecule has 1 aliphatic heterocycles. The lowest BCUT2D eigenvalue weighted by atomic mass is 9.91. The maximum Gasteiger partial charge on any atom is 0.0233 e. The average molecular weight is 274 g/mol. The van der Waals surface area contributed by atoms with Crippen molar-refractivity contribution in [3.05, 3.63) is 35.4 Å². The van der Waals surface area contributed by atoms with Crippen LogP contribution in [0.1, 0.15) is 44.2 Å². The number of likely N-dealkylation sites (tertiary alicyclic amines) is 1. The molecule has 20 heavy (non-hydrogen) atoms. The molecular weight excluding hydrogens is 244 g/mol. The van der Waals surface area contributed by atoms with Gasteiger partial charge in [-0.05, 0) is 57.7 Å². The van der Waals surface area contributed by atoms with Crippen LogP contribution >= 0.6 is 0 Å². The van der Waals surface area contributed by atoms with E-state index in [2.05, 4.69) is 55.3 Å². The third-order valence-corrected chi connectivity index (χ3v) is 4.33. The van der Waals surface area contributed by atoms with Gasteiger partial charge in [-0.2, -0.15) is 0 Å². The summed E-state index contributed by atoms with van der Waals surface area (Å²) < 4.78 is 0. The predicted octanol–water partition coefficient (Wildman–Crippen LogP) is 3.60. The summed E-state index contributed by atoms with van der Waals surface area (Å²) in [5, 5.41) is 3.55. The number of hydrogen-bond donors (Lipinski definition) is 1. The molecule has 1 heterocycles. The fourth-order valence-electron chi connectivity index (χ4n) is 3.49. The van der Waals surface area contributed by atoms with Crippen LogP contribution in [-0.4, -0.2) is 30.6 Å². The van der Waals surface area contributed by atoms with E-state index in [4.69, 9.17) is 0 Å². The second-order valence-corrected chi connectivity index (χ2v) is 6.43. The van der Waals surface area contributed by atoms with Crippen molar-refractivity contribution in [2.45, 2.75) is 52.6 Å². The van der Waals surface area contributed by atoms with Gasteiger partial charge in [-0.15, -0.1) is 0 Å². The first-order valence-electron chi connectivity index (χ1n) is 8.18.